The number of esters is 1. The van der Waals surface area contributed by atoms with Gasteiger partial charge >= 0.3 is 5.97 Å². The fourth-order valence-electron chi connectivity index (χ4n) is 1.15. The second kappa shape index (κ2) is 4.65. The van der Waals surface area contributed by atoms with Crippen LogP contribution in [0.2, 0.25) is 0 Å². The number of hydrogen-bond acceptors (Lipinski definition) is 3. The lowest BCUT2D eigenvalue weighted by Crippen LogP contribution is -2.02. The summed E-state index contributed by atoms with van der Waals surface area (Å²) in [6, 6.07) is 5.08. The maximum absolute atomic E-state index is 11.2. The van der Waals surface area contributed by atoms with E-state index in [1.54, 1.807) is 18.2 Å². The predicted molar refractivity (Wildman–Crippen MR) is 53.4 cm³/mol. The van der Waals surface area contributed by atoms with Gasteiger partial charge in [-0.2, -0.15) is 0 Å². The minimum Gasteiger partial charge on any atom is -0.494 e. The van der Waals surface area contributed by atoms with Gasteiger partial charge in [-0.25, -0.2) is 4.79 Å². The van der Waals surface area contributed by atoms with Crippen molar-refractivity contribution in [3.63, 3.8) is 0 Å². The standard InChI is InChI=1S/C11H13O3/c1-4-14-10-6-8(2)5-9(7-10)11(12)13-3/h5-7H,2,4H2,1,3H3. The first-order valence-electron chi connectivity index (χ1n) is 4.35. The van der Waals surface area contributed by atoms with E-state index >= 15 is 0 Å². The molecule has 0 unspecified atom stereocenters. The second-order valence-corrected chi connectivity index (χ2v) is 2.79. The molecule has 14 heavy (non-hydrogen) atoms. The summed E-state index contributed by atoms with van der Waals surface area (Å²) in [5, 5.41) is 0. The van der Waals surface area contributed by atoms with Gasteiger partial charge in [-0.3, -0.25) is 0 Å². The fourth-order valence-corrected chi connectivity index (χ4v) is 1.15. The molecule has 0 N–H and O–H groups in total. The molecular weight excluding hydrogens is 180 g/mol. The van der Waals surface area contributed by atoms with Crippen LogP contribution in [-0.2, 0) is 4.74 Å². The van der Waals surface area contributed by atoms with E-state index in [4.69, 9.17) is 4.74 Å². The van der Waals surface area contributed by atoms with Crippen molar-refractivity contribution in [1.29, 1.82) is 0 Å². The van der Waals surface area contributed by atoms with Gasteiger partial charge in [-0.05, 0) is 37.6 Å². The topological polar surface area (TPSA) is 35.5 Å². The van der Waals surface area contributed by atoms with Crippen LogP contribution in [0.1, 0.15) is 22.8 Å². The SMILES string of the molecule is [CH2]c1cc(OCC)cc(C(=O)OC)c1. The first-order valence-corrected chi connectivity index (χ1v) is 4.35. The smallest absolute Gasteiger partial charge is 0.337 e. The highest BCUT2D eigenvalue weighted by Gasteiger charge is 2.07. The Bertz CT molecular complexity index is 331. The Morgan fingerprint density at radius 2 is 2.14 bits per heavy atom. The largest absolute Gasteiger partial charge is 0.494 e. The molecule has 75 valence electrons. The third-order valence-corrected chi connectivity index (χ3v) is 1.70. The Morgan fingerprint density at radius 1 is 1.43 bits per heavy atom. The molecule has 1 radical (unpaired) electrons. The van der Waals surface area contributed by atoms with E-state index in [1.165, 1.54) is 7.11 Å². The molecule has 0 fully saturated rings. The van der Waals surface area contributed by atoms with Gasteiger partial charge in [0.05, 0.1) is 19.3 Å². The molecular formula is C11H13O3. The van der Waals surface area contributed by atoms with E-state index < -0.39 is 0 Å². The minimum atomic E-state index is -0.378. The van der Waals surface area contributed by atoms with E-state index in [9.17, 15) is 4.79 Å². The van der Waals surface area contributed by atoms with Crippen molar-refractivity contribution in [1.82, 2.24) is 0 Å². The lowest BCUT2D eigenvalue weighted by molar-refractivity contribution is 0.0600. The van der Waals surface area contributed by atoms with Gasteiger partial charge in [0.15, 0.2) is 0 Å². The first kappa shape index (κ1) is 10.6. The quantitative estimate of drug-likeness (QED) is 0.689. The van der Waals surface area contributed by atoms with Crippen LogP contribution in [0.4, 0.5) is 0 Å². The summed E-state index contributed by atoms with van der Waals surface area (Å²) < 4.78 is 9.88. The average Bonchev–Trinajstić information content (AvgIpc) is 2.16. The van der Waals surface area contributed by atoms with Crippen molar-refractivity contribution in [2.24, 2.45) is 0 Å². The normalized spacial score (nSPS) is 9.64. The third kappa shape index (κ3) is 2.49. The second-order valence-electron chi connectivity index (χ2n) is 2.79. The number of ether oxygens (including phenoxy) is 2. The Hall–Kier alpha value is -1.51. The molecule has 0 atom stereocenters. The highest BCUT2D eigenvalue weighted by atomic mass is 16.5. The summed E-state index contributed by atoms with van der Waals surface area (Å²) in [5.74, 6) is 0.261. The van der Waals surface area contributed by atoms with Crippen molar-refractivity contribution in [3.05, 3.63) is 36.2 Å². The van der Waals surface area contributed by atoms with Gasteiger partial charge in [-0.1, -0.05) is 0 Å². The van der Waals surface area contributed by atoms with E-state index in [0.29, 0.717) is 17.9 Å². The molecule has 3 heteroatoms. The molecule has 0 saturated carbocycles. The molecule has 0 amide bonds. The molecule has 0 spiro atoms. The van der Waals surface area contributed by atoms with E-state index in [-0.39, 0.29) is 5.97 Å². The van der Waals surface area contributed by atoms with Crippen LogP contribution in [-0.4, -0.2) is 19.7 Å². The van der Waals surface area contributed by atoms with Crippen LogP contribution in [0.15, 0.2) is 18.2 Å². The molecule has 0 aliphatic heterocycles. The van der Waals surface area contributed by atoms with Crippen molar-refractivity contribution >= 4 is 5.97 Å². The highest BCUT2D eigenvalue weighted by molar-refractivity contribution is 5.90. The van der Waals surface area contributed by atoms with Gasteiger partial charge in [0.25, 0.3) is 0 Å². The maximum Gasteiger partial charge on any atom is 0.337 e. The summed E-state index contributed by atoms with van der Waals surface area (Å²) >= 11 is 0. The molecule has 0 saturated heterocycles. The molecule has 1 aromatic rings. The number of hydrogen-bond donors (Lipinski definition) is 0. The highest BCUT2D eigenvalue weighted by Crippen LogP contribution is 2.17. The third-order valence-electron chi connectivity index (χ3n) is 1.70. The van der Waals surface area contributed by atoms with Gasteiger partial charge in [0.1, 0.15) is 5.75 Å². The van der Waals surface area contributed by atoms with Crippen molar-refractivity contribution in [3.8, 4) is 5.75 Å². The Balaban J connectivity index is 3.00. The minimum absolute atomic E-state index is 0.378. The lowest BCUT2D eigenvalue weighted by atomic mass is 10.1. The molecule has 0 heterocycles. The van der Waals surface area contributed by atoms with Crippen LogP contribution >= 0.6 is 0 Å². The van der Waals surface area contributed by atoms with Gasteiger partial charge in [0.2, 0.25) is 0 Å². The zero-order valence-electron chi connectivity index (χ0n) is 8.37. The first-order chi connectivity index (χ1) is 6.67. The molecule has 0 aromatic heterocycles. The molecule has 3 nitrogen and oxygen atoms in total. The lowest BCUT2D eigenvalue weighted by Gasteiger charge is -2.06. The monoisotopic (exact) mass is 193 g/mol. The van der Waals surface area contributed by atoms with E-state index in [2.05, 4.69) is 11.7 Å². The Morgan fingerprint density at radius 3 is 2.71 bits per heavy atom. The Labute approximate surface area is 83.6 Å². The van der Waals surface area contributed by atoms with Crippen molar-refractivity contribution in [2.45, 2.75) is 6.92 Å². The molecule has 0 bridgehead atoms. The summed E-state index contributed by atoms with van der Waals surface area (Å²) in [6.45, 7) is 6.20. The molecule has 0 aliphatic carbocycles. The van der Waals surface area contributed by atoms with Crippen LogP contribution in [0, 0.1) is 6.92 Å². The number of carbonyl (C=O) groups excluding carboxylic acids is 1. The predicted octanol–water partition coefficient (Wildman–Crippen LogP) is 2.05. The summed E-state index contributed by atoms with van der Waals surface area (Å²) in [4.78, 5) is 11.2. The zero-order valence-corrected chi connectivity index (χ0v) is 8.37. The van der Waals surface area contributed by atoms with Crippen LogP contribution in [0.3, 0.4) is 0 Å². The van der Waals surface area contributed by atoms with Gasteiger partial charge in [0, 0.05) is 0 Å². The van der Waals surface area contributed by atoms with E-state index in [1.807, 2.05) is 6.92 Å². The Kier molecular flexibility index (Phi) is 3.51. The van der Waals surface area contributed by atoms with Crippen LogP contribution in [0.5, 0.6) is 5.75 Å². The molecule has 0 aliphatic rings. The van der Waals surface area contributed by atoms with Crippen LogP contribution < -0.4 is 4.74 Å². The van der Waals surface area contributed by atoms with Gasteiger partial charge in [-0.15, -0.1) is 0 Å². The fraction of sp³-hybridized carbons (Fsp3) is 0.273. The number of methoxy groups -OCH3 is 1. The maximum atomic E-state index is 11.2. The van der Waals surface area contributed by atoms with Crippen LogP contribution in [0.25, 0.3) is 0 Å². The van der Waals surface area contributed by atoms with E-state index in [0.717, 1.165) is 5.56 Å². The van der Waals surface area contributed by atoms with Gasteiger partial charge < -0.3 is 9.47 Å². The number of carbonyl (C=O) groups is 1. The average molecular weight is 193 g/mol. The zero-order chi connectivity index (χ0) is 10.6. The molecule has 1 rings (SSSR count). The number of benzene rings is 1. The van der Waals surface area contributed by atoms with Crippen molar-refractivity contribution in [2.75, 3.05) is 13.7 Å². The summed E-state index contributed by atoms with van der Waals surface area (Å²) in [6.07, 6.45) is 0. The van der Waals surface area contributed by atoms with Crippen molar-refractivity contribution < 1.29 is 14.3 Å². The summed E-state index contributed by atoms with van der Waals surface area (Å²) in [7, 11) is 1.35. The summed E-state index contributed by atoms with van der Waals surface area (Å²) in [5.41, 5.74) is 1.19. The number of rotatable bonds is 3. The molecule has 1 aromatic carbocycles.